The highest BCUT2D eigenvalue weighted by atomic mass is 28.4. The second kappa shape index (κ2) is 13.5. The predicted molar refractivity (Wildman–Crippen MR) is 177 cm³/mol. The maximum atomic E-state index is 11.6. The number of anilines is 3. The molecule has 4 rings (SSSR count). The molecule has 0 unspecified atom stereocenters. The maximum absolute atomic E-state index is 11.6. The molecule has 3 aromatic rings. The van der Waals surface area contributed by atoms with Crippen LogP contribution < -0.4 is 14.9 Å². The van der Waals surface area contributed by atoms with Crippen LogP contribution >= 0.6 is 0 Å². The number of pyridine rings is 1. The van der Waals surface area contributed by atoms with Crippen LogP contribution in [0.5, 0.6) is 5.88 Å². The van der Waals surface area contributed by atoms with E-state index in [-0.39, 0.29) is 11.1 Å². The summed E-state index contributed by atoms with van der Waals surface area (Å²) in [4.78, 5) is 27.0. The van der Waals surface area contributed by atoms with Crippen LogP contribution in [-0.4, -0.2) is 69.3 Å². The van der Waals surface area contributed by atoms with E-state index in [4.69, 9.17) is 18.9 Å². The molecule has 3 heterocycles. The lowest BCUT2D eigenvalue weighted by molar-refractivity contribution is 0.0544. The van der Waals surface area contributed by atoms with Gasteiger partial charge in [-0.15, -0.1) is 0 Å². The molecule has 1 aliphatic heterocycles. The van der Waals surface area contributed by atoms with E-state index < -0.39 is 13.7 Å². The summed E-state index contributed by atoms with van der Waals surface area (Å²) in [5, 5.41) is 13.5. The topological polar surface area (TPSA) is 122 Å². The van der Waals surface area contributed by atoms with Gasteiger partial charge in [0, 0.05) is 42.2 Å². The van der Waals surface area contributed by atoms with Crippen LogP contribution in [0, 0.1) is 11.3 Å². The Hall–Kier alpha value is -3.79. The fraction of sp³-hybridized carbons (Fsp3) is 0.469. The van der Waals surface area contributed by atoms with Crippen molar-refractivity contribution >= 4 is 39.2 Å². The number of ether oxygens (including phenoxy) is 2. The van der Waals surface area contributed by atoms with Gasteiger partial charge in [-0.1, -0.05) is 27.7 Å². The number of carbonyl (C=O) groups is 1. The lowest BCUT2D eigenvalue weighted by Crippen LogP contribution is -2.46. The molecule has 1 aromatic carbocycles. The Morgan fingerprint density at radius 3 is 2.66 bits per heavy atom. The first-order valence-corrected chi connectivity index (χ1v) is 17.8. The lowest BCUT2D eigenvalue weighted by atomic mass is 9.83. The van der Waals surface area contributed by atoms with Crippen molar-refractivity contribution in [3.8, 4) is 23.2 Å². The van der Waals surface area contributed by atoms with Crippen molar-refractivity contribution in [2.75, 3.05) is 36.5 Å². The van der Waals surface area contributed by atoms with Crippen LogP contribution in [0.4, 0.5) is 17.3 Å². The fourth-order valence-corrected chi connectivity index (χ4v) is 5.89. The SMILES string of the molecule is CC(C)OCCOc1ncccc1Nc1nccc(-c2cc(C#N)c3c(c2)[C@@](C)(CO[Si](C)(C)C(C)(C)C)CN3[B]C=O)n1. The molecule has 0 bridgehead atoms. The molecule has 1 atom stereocenters. The third-order valence-corrected chi connectivity index (χ3v) is 12.7. The molecule has 0 saturated heterocycles. The summed E-state index contributed by atoms with van der Waals surface area (Å²) in [6, 6.07) is 11.7. The van der Waals surface area contributed by atoms with Gasteiger partial charge in [-0.05, 0) is 67.9 Å². The Bertz CT molecular complexity index is 1520. The van der Waals surface area contributed by atoms with Crippen molar-refractivity contribution in [1.29, 1.82) is 5.26 Å². The average molecular weight is 614 g/mol. The van der Waals surface area contributed by atoms with Gasteiger partial charge < -0.3 is 28.8 Å². The van der Waals surface area contributed by atoms with Crippen molar-refractivity contribution in [2.45, 2.75) is 71.2 Å². The molecule has 0 aliphatic carbocycles. The molecule has 0 spiro atoms. The highest BCUT2D eigenvalue weighted by molar-refractivity contribution is 6.74. The van der Waals surface area contributed by atoms with E-state index in [9.17, 15) is 10.1 Å². The number of aromatic nitrogens is 3. The van der Waals surface area contributed by atoms with Crippen molar-refractivity contribution in [3.63, 3.8) is 0 Å². The van der Waals surface area contributed by atoms with Crippen LogP contribution in [0.25, 0.3) is 11.3 Å². The molecule has 231 valence electrons. The second-order valence-corrected chi connectivity index (χ2v) is 17.9. The van der Waals surface area contributed by atoms with Crippen LogP contribution in [0.1, 0.15) is 52.7 Å². The summed E-state index contributed by atoms with van der Waals surface area (Å²) in [6.07, 6.45) is 4.20. The van der Waals surface area contributed by atoms with Crippen LogP contribution in [0.2, 0.25) is 18.1 Å². The molecule has 12 heteroatoms. The number of rotatable bonds is 13. The molecule has 44 heavy (non-hydrogen) atoms. The monoisotopic (exact) mass is 613 g/mol. The number of carbonyl (C=O) groups excluding carboxylic acids is 1. The Morgan fingerprint density at radius 1 is 1.20 bits per heavy atom. The standard InChI is InChI=1S/C32H42BN6O4Si/c1-22(2)41-14-15-42-29-27(10-9-12-35-29)38-30-36-13-11-26(37-30)23-16-24(18-34)28-25(17-23)32(6,19-39(28)33-21-40)20-43-44(7,8)31(3,4)5/h9-13,16-17,21-22H,14-15,19-20H2,1-8H3,(H,36,37,38)/t32-/m1/s1. The number of benzene rings is 1. The van der Waals surface area contributed by atoms with Gasteiger partial charge in [-0.25, -0.2) is 15.0 Å². The van der Waals surface area contributed by atoms with Gasteiger partial charge in [-0.2, -0.15) is 5.26 Å². The number of fused-ring (bicyclic) bond motifs is 1. The highest BCUT2D eigenvalue weighted by Crippen LogP contribution is 2.46. The van der Waals surface area contributed by atoms with E-state index >= 15 is 0 Å². The number of nitrogens with zero attached hydrogens (tertiary/aromatic N) is 5. The first-order valence-electron chi connectivity index (χ1n) is 14.9. The average Bonchev–Trinajstić information content (AvgIpc) is 3.26. The summed E-state index contributed by atoms with van der Waals surface area (Å²) in [7, 11) is -0.568. The summed E-state index contributed by atoms with van der Waals surface area (Å²) in [5.41, 5.74) is 3.72. The highest BCUT2D eigenvalue weighted by Gasteiger charge is 2.44. The van der Waals surface area contributed by atoms with Gasteiger partial charge >= 0.3 is 7.41 Å². The van der Waals surface area contributed by atoms with E-state index in [2.05, 4.69) is 68.2 Å². The van der Waals surface area contributed by atoms with Gasteiger partial charge in [-0.3, -0.25) is 0 Å². The van der Waals surface area contributed by atoms with E-state index in [0.29, 0.717) is 55.1 Å². The normalized spacial score (nSPS) is 16.4. The van der Waals surface area contributed by atoms with Gasteiger partial charge in [0.1, 0.15) is 24.5 Å². The third-order valence-electron chi connectivity index (χ3n) is 8.23. The summed E-state index contributed by atoms with van der Waals surface area (Å²) in [6.45, 7) is 19.0. The molecule has 1 aliphatic rings. The Morgan fingerprint density at radius 2 is 1.98 bits per heavy atom. The number of nitriles is 1. The molecular formula is C32H42BN6O4Si. The Kier molecular flexibility index (Phi) is 10.1. The van der Waals surface area contributed by atoms with E-state index in [1.54, 1.807) is 18.5 Å². The minimum Gasteiger partial charge on any atom is -0.474 e. The number of hydrogen-bond donors (Lipinski definition) is 1. The smallest absolute Gasteiger partial charge is 0.329 e. The Labute approximate surface area is 262 Å². The maximum Gasteiger partial charge on any atom is 0.329 e. The first kappa shape index (κ1) is 33.1. The predicted octanol–water partition coefficient (Wildman–Crippen LogP) is 5.87. The lowest BCUT2D eigenvalue weighted by Gasteiger charge is -2.39. The van der Waals surface area contributed by atoms with Crippen molar-refractivity contribution in [1.82, 2.24) is 15.0 Å². The molecule has 10 nitrogen and oxygen atoms in total. The molecule has 1 N–H and O–H groups in total. The van der Waals surface area contributed by atoms with Gasteiger partial charge in [0.15, 0.2) is 8.32 Å². The van der Waals surface area contributed by atoms with E-state index in [0.717, 1.165) is 23.0 Å². The van der Waals surface area contributed by atoms with Gasteiger partial charge in [0.25, 0.3) is 0 Å². The summed E-state index contributed by atoms with van der Waals surface area (Å²) < 4.78 is 18.1. The van der Waals surface area contributed by atoms with E-state index in [1.807, 2.05) is 36.9 Å². The minimum atomic E-state index is -2.06. The van der Waals surface area contributed by atoms with Crippen LogP contribution in [-0.2, 0) is 19.4 Å². The summed E-state index contributed by atoms with van der Waals surface area (Å²) >= 11 is 0. The zero-order valence-corrected chi connectivity index (χ0v) is 28.0. The molecule has 1 radical (unpaired) electrons. The number of hydrogen-bond acceptors (Lipinski definition) is 10. The second-order valence-electron chi connectivity index (χ2n) is 13.1. The van der Waals surface area contributed by atoms with Gasteiger partial charge in [0.2, 0.25) is 11.8 Å². The van der Waals surface area contributed by atoms with Crippen molar-refractivity contribution in [3.05, 3.63) is 53.9 Å². The first-order chi connectivity index (χ1) is 20.8. The minimum absolute atomic E-state index is 0.0461. The van der Waals surface area contributed by atoms with E-state index in [1.165, 1.54) is 7.41 Å². The van der Waals surface area contributed by atoms with Gasteiger partial charge in [0.05, 0.1) is 24.0 Å². The van der Waals surface area contributed by atoms with Crippen LogP contribution in [0.3, 0.4) is 0 Å². The summed E-state index contributed by atoms with van der Waals surface area (Å²) in [5.74, 6) is 0.778. The van der Waals surface area contributed by atoms with Crippen LogP contribution in [0.15, 0.2) is 42.7 Å². The third kappa shape index (κ3) is 7.46. The molecule has 0 fully saturated rings. The molecular weight excluding hydrogens is 571 g/mol. The molecule has 2 aromatic heterocycles. The zero-order chi connectivity index (χ0) is 32.1. The molecule has 0 amide bonds. The molecule has 0 saturated carbocycles. The van der Waals surface area contributed by atoms with Crippen molar-refractivity contribution < 1.29 is 18.7 Å². The fourth-order valence-electron chi connectivity index (χ4n) is 4.78. The Balaban J connectivity index is 1.66. The number of nitrogens with one attached hydrogen (secondary N) is 1. The zero-order valence-electron chi connectivity index (χ0n) is 27.0. The quantitative estimate of drug-likeness (QED) is 0.142. The van der Waals surface area contributed by atoms with Crippen molar-refractivity contribution in [2.24, 2.45) is 0 Å². The largest absolute Gasteiger partial charge is 0.474 e.